The monoisotopic (exact) mass is 235 g/mol. The summed E-state index contributed by atoms with van der Waals surface area (Å²) in [6.07, 6.45) is 3.27. The largest absolute Gasteiger partial charge is 0.508 e. The van der Waals surface area contributed by atoms with Crippen LogP contribution in [0.15, 0.2) is 42.0 Å². The maximum Gasteiger partial charge on any atom is 0.187 e. The Morgan fingerprint density at radius 1 is 1.56 bits per heavy atom. The molecule has 84 valence electrons. The molecule has 1 aromatic rings. The predicted octanol–water partition coefficient (Wildman–Crippen LogP) is 1.38. The molecular weight excluding hydrogens is 222 g/mol. The number of hydrogen-bond acceptors (Lipinski definition) is 3. The Kier molecular flexibility index (Phi) is 5.01. The Morgan fingerprint density at radius 2 is 2.38 bits per heavy atom. The molecule has 0 spiro atoms. The summed E-state index contributed by atoms with van der Waals surface area (Å²) in [6, 6.07) is 6.77. The zero-order valence-corrected chi connectivity index (χ0v) is 9.50. The summed E-state index contributed by atoms with van der Waals surface area (Å²) in [6.45, 7) is 4.14. The van der Waals surface area contributed by atoms with Crippen molar-refractivity contribution >= 4 is 23.5 Å². The van der Waals surface area contributed by atoms with Crippen LogP contribution in [0.5, 0.6) is 5.75 Å². The number of rotatable bonds is 4. The minimum atomic E-state index is 0.205. The summed E-state index contributed by atoms with van der Waals surface area (Å²) in [4.78, 5) is 0. The van der Waals surface area contributed by atoms with E-state index in [2.05, 4.69) is 22.4 Å². The van der Waals surface area contributed by atoms with Crippen molar-refractivity contribution in [1.82, 2.24) is 10.7 Å². The van der Waals surface area contributed by atoms with Gasteiger partial charge in [0.2, 0.25) is 0 Å². The minimum absolute atomic E-state index is 0.205. The molecule has 0 aliphatic rings. The number of benzene rings is 1. The fraction of sp³-hybridized carbons (Fsp3) is 0.0909. The fourth-order valence-electron chi connectivity index (χ4n) is 0.975. The van der Waals surface area contributed by atoms with Crippen LogP contribution >= 0.6 is 12.2 Å². The standard InChI is InChI=1S/C11H13N3OS/c1-2-6-12-11(16)14-13-8-9-4-3-5-10(15)7-9/h2-5,7-8,15H,1,6H2,(H2,12,14,16)/b13-8+. The maximum absolute atomic E-state index is 9.21. The highest BCUT2D eigenvalue weighted by Crippen LogP contribution is 2.08. The second-order valence-electron chi connectivity index (χ2n) is 2.96. The van der Waals surface area contributed by atoms with E-state index in [-0.39, 0.29) is 5.75 Å². The van der Waals surface area contributed by atoms with Gasteiger partial charge in [0, 0.05) is 6.54 Å². The van der Waals surface area contributed by atoms with Crippen LogP contribution < -0.4 is 10.7 Å². The lowest BCUT2D eigenvalue weighted by atomic mass is 10.2. The summed E-state index contributed by atoms with van der Waals surface area (Å²) in [5, 5.41) is 16.4. The number of aromatic hydroxyl groups is 1. The molecule has 5 heteroatoms. The van der Waals surface area contributed by atoms with Gasteiger partial charge in [-0.15, -0.1) is 6.58 Å². The number of nitrogens with one attached hydrogen (secondary N) is 2. The summed E-state index contributed by atoms with van der Waals surface area (Å²) < 4.78 is 0. The first kappa shape index (κ1) is 12.2. The fourth-order valence-corrected chi connectivity index (χ4v) is 1.11. The molecule has 0 heterocycles. The van der Waals surface area contributed by atoms with Gasteiger partial charge in [0.25, 0.3) is 0 Å². The van der Waals surface area contributed by atoms with Crippen LogP contribution in [0.4, 0.5) is 0 Å². The average Bonchev–Trinajstić information content (AvgIpc) is 2.26. The van der Waals surface area contributed by atoms with E-state index in [9.17, 15) is 5.11 Å². The average molecular weight is 235 g/mol. The zero-order chi connectivity index (χ0) is 11.8. The molecule has 0 unspecified atom stereocenters. The molecule has 16 heavy (non-hydrogen) atoms. The van der Waals surface area contributed by atoms with E-state index in [0.717, 1.165) is 5.56 Å². The van der Waals surface area contributed by atoms with Crippen molar-refractivity contribution in [3.63, 3.8) is 0 Å². The summed E-state index contributed by atoms with van der Waals surface area (Å²) in [5.41, 5.74) is 3.44. The van der Waals surface area contributed by atoms with Crippen molar-refractivity contribution in [1.29, 1.82) is 0 Å². The molecule has 0 saturated heterocycles. The van der Waals surface area contributed by atoms with Gasteiger partial charge in [-0.25, -0.2) is 0 Å². The predicted molar refractivity (Wildman–Crippen MR) is 69.6 cm³/mol. The molecule has 0 saturated carbocycles. The van der Waals surface area contributed by atoms with E-state index in [4.69, 9.17) is 12.2 Å². The number of nitrogens with zero attached hydrogens (tertiary/aromatic N) is 1. The van der Waals surface area contributed by atoms with Gasteiger partial charge in [0.15, 0.2) is 5.11 Å². The Labute approximate surface area is 99.7 Å². The van der Waals surface area contributed by atoms with Crippen molar-refractivity contribution in [2.75, 3.05) is 6.54 Å². The molecule has 3 N–H and O–H groups in total. The van der Waals surface area contributed by atoms with Crippen molar-refractivity contribution in [3.05, 3.63) is 42.5 Å². The molecule has 1 rings (SSSR count). The molecule has 0 amide bonds. The summed E-state index contributed by atoms with van der Waals surface area (Å²) in [7, 11) is 0. The van der Waals surface area contributed by atoms with Gasteiger partial charge in [-0.1, -0.05) is 18.2 Å². The first-order chi connectivity index (χ1) is 7.72. The molecule has 0 aliphatic heterocycles. The Hall–Kier alpha value is -1.88. The maximum atomic E-state index is 9.21. The topological polar surface area (TPSA) is 56.7 Å². The van der Waals surface area contributed by atoms with Crippen molar-refractivity contribution < 1.29 is 5.11 Å². The van der Waals surface area contributed by atoms with Crippen LogP contribution in [0.1, 0.15) is 5.56 Å². The van der Waals surface area contributed by atoms with E-state index in [1.54, 1.807) is 30.5 Å². The van der Waals surface area contributed by atoms with Crippen LogP contribution in [0.2, 0.25) is 0 Å². The number of hydrogen-bond donors (Lipinski definition) is 3. The zero-order valence-electron chi connectivity index (χ0n) is 8.68. The number of thiocarbonyl (C=S) groups is 1. The van der Waals surface area contributed by atoms with Gasteiger partial charge >= 0.3 is 0 Å². The first-order valence-electron chi connectivity index (χ1n) is 4.69. The van der Waals surface area contributed by atoms with Gasteiger partial charge in [-0.2, -0.15) is 5.10 Å². The van der Waals surface area contributed by atoms with Gasteiger partial charge in [-0.3, -0.25) is 5.43 Å². The minimum Gasteiger partial charge on any atom is -0.508 e. The number of phenols is 1. The highest BCUT2D eigenvalue weighted by atomic mass is 32.1. The SMILES string of the molecule is C=CCNC(=S)N/N=C/c1cccc(O)c1. The lowest BCUT2D eigenvalue weighted by Crippen LogP contribution is -2.31. The van der Waals surface area contributed by atoms with Crippen LogP contribution in [0, 0.1) is 0 Å². The summed E-state index contributed by atoms with van der Waals surface area (Å²) >= 11 is 4.93. The third-order valence-electron chi connectivity index (χ3n) is 1.66. The molecule has 4 nitrogen and oxygen atoms in total. The van der Waals surface area contributed by atoms with Gasteiger partial charge in [0.1, 0.15) is 5.75 Å². The molecule has 0 atom stereocenters. The van der Waals surface area contributed by atoms with E-state index in [1.165, 1.54) is 0 Å². The Bertz CT molecular complexity index is 404. The van der Waals surface area contributed by atoms with Crippen LogP contribution in [0.3, 0.4) is 0 Å². The quantitative estimate of drug-likeness (QED) is 0.319. The molecule has 0 fully saturated rings. The first-order valence-corrected chi connectivity index (χ1v) is 5.10. The number of hydrazone groups is 1. The second kappa shape index (κ2) is 6.58. The lowest BCUT2D eigenvalue weighted by molar-refractivity contribution is 0.475. The molecule has 0 radical (unpaired) electrons. The van der Waals surface area contributed by atoms with Gasteiger partial charge in [0.05, 0.1) is 6.21 Å². The molecule has 0 aliphatic carbocycles. The molecule has 0 aromatic heterocycles. The molecular formula is C11H13N3OS. The van der Waals surface area contributed by atoms with E-state index in [1.807, 2.05) is 6.07 Å². The highest BCUT2D eigenvalue weighted by molar-refractivity contribution is 7.80. The third kappa shape index (κ3) is 4.56. The van der Waals surface area contributed by atoms with Gasteiger partial charge < -0.3 is 10.4 Å². The molecule has 0 bridgehead atoms. The van der Waals surface area contributed by atoms with Crippen molar-refractivity contribution in [2.24, 2.45) is 5.10 Å². The van der Waals surface area contributed by atoms with Crippen molar-refractivity contribution in [3.8, 4) is 5.75 Å². The molecule has 1 aromatic carbocycles. The Morgan fingerprint density at radius 3 is 3.06 bits per heavy atom. The van der Waals surface area contributed by atoms with Crippen LogP contribution in [-0.2, 0) is 0 Å². The van der Waals surface area contributed by atoms with E-state index < -0.39 is 0 Å². The highest BCUT2D eigenvalue weighted by Gasteiger charge is 1.91. The van der Waals surface area contributed by atoms with Crippen LogP contribution in [0.25, 0.3) is 0 Å². The van der Waals surface area contributed by atoms with E-state index in [0.29, 0.717) is 11.7 Å². The third-order valence-corrected chi connectivity index (χ3v) is 1.89. The van der Waals surface area contributed by atoms with Crippen molar-refractivity contribution in [2.45, 2.75) is 0 Å². The Balaban J connectivity index is 2.42. The number of phenolic OH excluding ortho intramolecular Hbond substituents is 1. The summed E-state index contributed by atoms with van der Waals surface area (Å²) in [5.74, 6) is 0.205. The second-order valence-corrected chi connectivity index (χ2v) is 3.37. The van der Waals surface area contributed by atoms with Gasteiger partial charge in [-0.05, 0) is 29.9 Å². The van der Waals surface area contributed by atoms with E-state index >= 15 is 0 Å². The smallest absolute Gasteiger partial charge is 0.187 e. The lowest BCUT2D eigenvalue weighted by Gasteiger charge is -2.02. The normalized spacial score (nSPS) is 10.0. The van der Waals surface area contributed by atoms with Crippen LogP contribution in [-0.4, -0.2) is 23.0 Å².